The van der Waals surface area contributed by atoms with Crippen LogP contribution in [0.25, 0.3) is 10.4 Å². The summed E-state index contributed by atoms with van der Waals surface area (Å²) in [6.45, 7) is -0.584. The van der Waals surface area contributed by atoms with Crippen LogP contribution in [0.1, 0.15) is 0 Å². The van der Waals surface area contributed by atoms with Gasteiger partial charge in [-0.05, 0) is 5.53 Å². The van der Waals surface area contributed by atoms with Gasteiger partial charge >= 0.3 is 0 Å². The van der Waals surface area contributed by atoms with Gasteiger partial charge in [0.1, 0.15) is 23.3 Å². The molecule has 0 aliphatic carbocycles. The standard InChI is InChI=1S/C6H10BrN3O5/c7-5-4(13)6(14,9-10-8)3(12)2(1-11)15-5/h2-5,11-14H,1H2/t2-,3+,4+,5?,6+/m1/s1. The van der Waals surface area contributed by atoms with Crippen LogP contribution in [-0.4, -0.2) is 56.1 Å². The van der Waals surface area contributed by atoms with Gasteiger partial charge in [-0.1, -0.05) is 21.0 Å². The van der Waals surface area contributed by atoms with Gasteiger partial charge < -0.3 is 25.2 Å². The van der Waals surface area contributed by atoms with E-state index in [1.807, 2.05) is 0 Å². The summed E-state index contributed by atoms with van der Waals surface area (Å²) < 4.78 is 4.93. The van der Waals surface area contributed by atoms with Crippen molar-refractivity contribution in [3.8, 4) is 0 Å². The van der Waals surface area contributed by atoms with Crippen LogP contribution in [0.4, 0.5) is 0 Å². The SMILES string of the molecule is [N-]=[N+]=N[C@@]1(O)[C@@H](O)C(Br)O[C@H](CO)[C@@H]1O. The fourth-order valence-electron chi connectivity index (χ4n) is 1.29. The van der Waals surface area contributed by atoms with E-state index < -0.39 is 35.7 Å². The van der Waals surface area contributed by atoms with Crippen molar-refractivity contribution in [3.05, 3.63) is 10.4 Å². The summed E-state index contributed by atoms with van der Waals surface area (Å²) in [5.41, 5.74) is 5.80. The third kappa shape index (κ3) is 2.08. The fraction of sp³-hybridized carbons (Fsp3) is 1.00. The summed E-state index contributed by atoms with van der Waals surface area (Å²) in [5.74, 6) is 0. The first-order chi connectivity index (χ1) is 6.97. The van der Waals surface area contributed by atoms with Gasteiger partial charge in [0, 0.05) is 4.91 Å². The molecule has 15 heavy (non-hydrogen) atoms. The van der Waals surface area contributed by atoms with Crippen molar-refractivity contribution in [1.29, 1.82) is 0 Å². The Hall–Kier alpha value is -0.410. The highest BCUT2D eigenvalue weighted by atomic mass is 79.9. The topological polar surface area (TPSA) is 139 Å². The van der Waals surface area contributed by atoms with E-state index in [1.54, 1.807) is 0 Å². The number of aliphatic hydroxyl groups excluding tert-OH is 3. The average molecular weight is 284 g/mol. The van der Waals surface area contributed by atoms with Crippen LogP contribution in [0.15, 0.2) is 5.11 Å². The largest absolute Gasteiger partial charge is 0.394 e. The summed E-state index contributed by atoms with van der Waals surface area (Å²) in [6.07, 6.45) is -4.48. The molecule has 5 atom stereocenters. The van der Waals surface area contributed by atoms with E-state index >= 15 is 0 Å². The summed E-state index contributed by atoms with van der Waals surface area (Å²) in [5, 5.41) is 39.5. The number of alkyl halides is 1. The maximum Gasteiger partial charge on any atom is 0.201 e. The van der Waals surface area contributed by atoms with Crippen LogP contribution in [0.5, 0.6) is 0 Å². The molecule has 0 aromatic carbocycles. The number of azide groups is 1. The maximum absolute atomic E-state index is 9.74. The molecule has 1 fully saturated rings. The molecule has 9 heteroatoms. The van der Waals surface area contributed by atoms with Crippen molar-refractivity contribution >= 4 is 15.9 Å². The molecule has 86 valence electrons. The lowest BCUT2D eigenvalue weighted by atomic mass is 9.94. The quantitative estimate of drug-likeness (QED) is 0.219. The second kappa shape index (κ2) is 4.62. The molecule has 0 saturated carbocycles. The Morgan fingerprint density at radius 2 is 2.07 bits per heavy atom. The zero-order valence-corrected chi connectivity index (χ0v) is 9.02. The average Bonchev–Trinajstić information content (AvgIpc) is 2.21. The minimum Gasteiger partial charge on any atom is -0.394 e. The Balaban J connectivity index is 3.03. The third-order valence-electron chi connectivity index (χ3n) is 2.16. The van der Waals surface area contributed by atoms with Gasteiger partial charge in [-0.2, -0.15) is 0 Å². The zero-order chi connectivity index (χ0) is 11.6. The van der Waals surface area contributed by atoms with Crippen molar-refractivity contribution in [2.45, 2.75) is 29.1 Å². The van der Waals surface area contributed by atoms with E-state index in [1.165, 1.54) is 0 Å². The lowest BCUT2D eigenvalue weighted by Crippen LogP contribution is -2.64. The first-order valence-corrected chi connectivity index (χ1v) is 4.94. The summed E-state index contributed by atoms with van der Waals surface area (Å²) in [6, 6.07) is 0. The number of rotatable bonds is 2. The Labute approximate surface area is 92.8 Å². The number of hydrogen-bond donors (Lipinski definition) is 4. The van der Waals surface area contributed by atoms with Gasteiger partial charge in [0.15, 0.2) is 0 Å². The van der Waals surface area contributed by atoms with Crippen LogP contribution >= 0.6 is 15.9 Å². The number of ether oxygens (including phenoxy) is 1. The Morgan fingerprint density at radius 1 is 1.47 bits per heavy atom. The highest BCUT2D eigenvalue weighted by molar-refractivity contribution is 9.09. The highest BCUT2D eigenvalue weighted by Crippen LogP contribution is 2.33. The Bertz CT molecular complexity index is 286. The second-order valence-electron chi connectivity index (χ2n) is 3.07. The van der Waals surface area contributed by atoms with Crippen molar-refractivity contribution in [3.63, 3.8) is 0 Å². The summed E-state index contributed by atoms with van der Waals surface area (Å²) in [4.78, 5) is 2.33. The van der Waals surface area contributed by atoms with E-state index in [-0.39, 0.29) is 0 Å². The molecule has 0 radical (unpaired) electrons. The minimum atomic E-state index is -2.42. The zero-order valence-electron chi connectivity index (χ0n) is 7.43. The minimum absolute atomic E-state index is 0.584. The summed E-state index contributed by atoms with van der Waals surface area (Å²) in [7, 11) is 0. The molecular formula is C6H10BrN3O5. The smallest absolute Gasteiger partial charge is 0.201 e. The van der Waals surface area contributed by atoms with Crippen LogP contribution in [0.3, 0.4) is 0 Å². The molecular weight excluding hydrogens is 274 g/mol. The van der Waals surface area contributed by atoms with Crippen molar-refractivity contribution in [2.75, 3.05) is 6.61 Å². The Morgan fingerprint density at radius 3 is 2.53 bits per heavy atom. The highest BCUT2D eigenvalue weighted by Gasteiger charge is 2.54. The summed E-state index contributed by atoms with van der Waals surface area (Å²) >= 11 is 2.87. The van der Waals surface area contributed by atoms with Gasteiger partial charge in [0.25, 0.3) is 0 Å². The third-order valence-corrected chi connectivity index (χ3v) is 2.88. The van der Waals surface area contributed by atoms with E-state index in [9.17, 15) is 15.3 Å². The maximum atomic E-state index is 9.74. The number of aliphatic hydroxyl groups is 4. The van der Waals surface area contributed by atoms with Crippen LogP contribution in [0, 0.1) is 0 Å². The van der Waals surface area contributed by atoms with Gasteiger partial charge in [0.05, 0.1) is 6.61 Å². The van der Waals surface area contributed by atoms with Crippen molar-refractivity contribution < 1.29 is 25.2 Å². The molecule has 1 heterocycles. The van der Waals surface area contributed by atoms with E-state index in [0.717, 1.165) is 0 Å². The molecule has 1 aliphatic heterocycles. The van der Waals surface area contributed by atoms with Crippen LogP contribution < -0.4 is 0 Å². The molecule has 0 spiro atoms. The number of nitrogens with zero attached hydrogens (tertiary/aromatic N) is 3. The van der Waals surface area contributed by atoms with Crippen molar-refractivity contribution in [1.82, 2.24) is 0 Å². The second-order valence-corrected chi connectivity index (χ2v) is 3.97. The normalized spacial score (nSPS) is 45.9. The van der Waals surface area contributed by atoms with E-state index in [2.05, 4.69) is 26.0 Å². The monoisotopic (exact) mass is 283 g/mol. The molecule has 0 amide bonds. The predicted octanol–water partition coefficient (Wildman–Crippen LogP) is -1.18. The number of halogens is 1. The van der Waals surface area contributed by atoms with E-state index in [4.69, 9.17) is 15.4 Å². The first-order valence-electron chi connectivity index (χ1n) is 4.02. The molecule has 1 unspecified atom stereocenters. The molecule has 1 rings (SSSR count). The van der Waals surface area contributed by atoms with Crippen LogP contribution in [-0.2, 0) is 4.74 Å². The van der Waals surface area contributed by atoms with E-state index in [0.29, 0.717) is 0 Å². The van der Waals surface area contributed by atoms with Gasteiger partial charge in [-0.3, -0.25) is 0 Å². The Kier molecular flexibility index (Phi) is 3.90. The predicted molar refractivity (Wildman–Crippen MR) is 50.8 cm³/mol. The molecule has 1 saturated heterocycles. The van der Waals surface area contributed by atoms with Gasteiger partial charge in [0.2, 0.25) is 5.72 Å². The molecule has 0 aromatic rings. The molecule has 0 aromatic heterocycles. The van der Waals surface area contributed by atoms with Gasteiger partial charge in [-0.15, -0.1) is 0 Å². The molecule has 4 N–H and O–H groups in total. The van der Waals surface area contributed by atoms with Crippen LogP contribution in [0.2, 0.25) is 0 Å². The lowest BCUT2D eigenvalue weighted by molar-refractivity contribution is -0.251. The first kappa shape index (κ1) is 12.7. The molecule has 0 bridgehead atoms. The molecule has 8 nitrogen and oxygen atoms in total. The lowest BCUT2D eigenvalue weighted by Gasteiger charge is -2.43. The molecule has 1 aliphatic rings. The number of hydrogen-bond acceptors (Lipinski definition) is 6. The van der Waals surface area contributed by atoms with Crippen molar-refractivity contribution in [2.24, 2.45) is 5.11 Å². The van der Waals surface area contributed by atoms with Gasteiger partial charge in [-0.25, -0.2) is 0 Å². The fourth-order valence-corrected chi connectivity index (χ4v) is 1.96.